The Morgan fingerprint density at radius 2 is 2.22 bits per heavy atom. The minimum absolute atomic E-state index is 0.247. The van der Waals surface area contributed by atoms with Crippen LogP contribution in [0.15, 0.2) is 6.20 Å². The van der Waals surface area contributed by atoms with Crippen molar-refractivity contribution in [2.75, 3.05) is 5.75 Å². The van der Waals surface area contributed by atoms with E-state index in [1.807, 2.05) is 20.2 Å². The number of nitrogens with zero attached hydrogens (tertiary/aromatic N) is 2. The van der Waals surface area contributed by atoms with Gasteiger partial charge in [-0.1, -0.05) is 0 Å². The summed E-state index contributed by atoms with van der Waals surface area (Å²) in [5.41, 5.74) is 1.83. The van der Waals surface area contributed by atoms with Gasteiger partial charge in [-0.05, 0) is 6.92 Å². The zero-order valence-corrected chi connectivity index (χ0v) is 11.6. The van der Waals surface area contributed by atoms with Gasteiger partial charge in [0.1, 0.15) is 6.04 Å². The van der Waals surface area contributed by atoms with E-state index in [2.05, 4.69) is 28.4 Å². The monoisotopic (exact) mass is 270 g/mol. The molecule has 2 N–H and O–H groups in total. The van der Waals surface area contributed by atoms with E-state index in [4.69, 9.17) is 0 Å². The predicted molar refractivity (Wildman–Crippen MR) is 71.2 cm³/mol. The summed E-state index contributed by atoms with van der Waals surface area (Å²) >= 11 is 4.04. The second-order valence-corrected chi connectivity index (χ2v) is 4.43. The summed E-state index contributed by atoms with van der Waals surface area (Å²) in [5.74, 6) is -0.234. The highest BCUT2D eigenvalue weighted by Crippen LogP contribution is 2.03. The van der Waals surface area contributed by atoms with E-state index in [1.54, 1.807) is 4.68 Å². The van der Waals surface area contributed by atoms with E-state index in [9.17, 15) is 9.59 Å². The first kappa shape index (κ1) is 14.6. The van der Waals surface area contributed by atoms with Crippen LogP contribution in [0.5, 0.6) is 0 Å². The molecule has 7 heteroatoms. The van der Waals surface area contributed by atoms with Crippen LogP contribution in [0.1, 0.15) is 18.2 Å². The molecule has 0 aromatic carbocycles. The molecule has 2 amide bonds. The molecule has 1 unspecified atom stereocenters. The Morgan fingerprint density at radius 3 is 2.67 bits per heavy atom. The highest BCUT2D eigenvalue weighted by molar-refractivity contribution is 7.80. The number of hydrogen-bond acceptors (Lipinski definition) is 4. The Kier molecular flexibility index (Phi) is 5.21. The molecule has 0 aliphatic heterocycles. The van der Waals surface area contributed by atoms with Crippen molar-refractivity contribution in [3.05, 3.63) is 17.5 Å². The molecule has 18 heavy (non-hydrogen) atoms. The quantitative estimate of drug-likeness (QED) is 0.647. The summed E-state index contributed by atoms with van der Waals surface area (Å²) in [6.07, 6.45) is 1.85. The first-order valence-electron chi connectivity index (χ1n) is 5.58. The lowest BCUT2D eigenvalue weighted by molar-refractivity contribution is -0.127. The van der Waals surface area contributed by atoms with Gasteiger partial charge in [-0.2, -0.15) is 17.7 Å². The van der Waals surface area contributed by atoms with Gasteiger partial charge in [0.2, 0.25) is 11.8 Å². The van der Waals surface area contributed by atoms with Gasteiger partial charge in [0, 0.05) is 38.0 Å². The second-order valence-electron chi connectivity index (χ2n) is 4.07. The lowest BCUT2D eigenvalue weighted by atomic mass is 10.2. The SMILES string of the molecule is CC(=O)NC(CS)C(=O)NCc1cn(C)nc1C. The summed E-state index contributed by atoms with van der Waals surface area (Å²) < 4.78 is 1.70. The van der Waals surface area contributed by atoms with Gasteiger partial charge in [-0.15, -0.1) is 0 Å². The number of aromatic nitrogens is 2. The minimum atomic E-state index is -0.609. The van der Waals surface area contributed by atoms with Crippen LogP contribution in [-0.4, -0.2) is 33.4 Å². The molecule has 0 bridgehead atoms. The molecule has 1 atom stereocenters. The maximum absolute atomic E-state index is 11.8. The normalized spacial score (nSPS) is 12.0. The van der Waals surface area contributed by atoms with Gasteiger partial charge in [0.15, 0.2) is 0 Å². The number of thiol groups is 1. The first-order valence-corrected chi connectivity index (χ1v) is 6.22. The fourth-order valence-corrected chi connectivity index (χ4v) is 1.82. The van der Waals surface area contributed by atoms with Crippen molar-refractivity contribution in [3.63, 3.8) is 0 Å². The molecule has 1 heterocycles. The number of carbonyl (C=O) groups is 2. The van der Waals surface area contributed by atoms with Crippen LogP contribution >= 0.6 is 12.6 Å². The fraction of sp³-hybridized carbons (Fsp3) is 0.545. The maximum atomic E-state index is 11.8. The van der Waals surface area contributed by atoms with Crippen molar-refractivity contribution in [2.24, 2.45) is 7.05 Å². The third-order valence-electron chi connectivity index (χ3n) is 2.44. The van der Waals surface area contributed by atoms with Crippen molar-refractivity contribution in [2.45, 2.75) is 26.4 Å². The van der Waals surface area contributed by atoms with Crippen LogP contribution in [-0.2, 0) is 23.2 Å². The molecule has 0 radical (unpaired) electrons. The van der Waals surface area contributed by atoms with E-state index >= 15 is 0 Å². The van der Waals surface area contributed by atoms with Crippen LogP contribution in [0.4, 0.5) is 0 Å². The molecular formula is C11H18N4O2S. The fourth-order valence-electron chi connectivity index (χ4n) is 1.57. The number of carbonyl (C=O) groups excluding carboxylic acids is 2. The van der Waals surface area contributed by atoms with E-state index in [0.717, 1.165) is 11.3 Å². The summed E-state index contributed by atoms with van der Waals surface area (Å²) in [4.78, 5) is 22.7. The van der Waals surface area contributed by atoms with Crippen molar-refractivity contribution in [1.82, 2.24) is 20.4 Å². The van der Waals surface area contributed by atoms with Gasteiger partial charge in [0.05, 0.1) is 5.69 Å². The molecule has 0 spiro atoms. The lowest BCUT2D eigenvalue weighted by Gasteiger charge is -2.14. The minimum Gasteiger partial charge on any atom is -0.350 e. The van der Waals surface area contributed by atoms with E-state index in [1.165, 1.54) is 6.92 Å². The van der Waals surface area contributed by atoms with Gasteiger partial charge < -0.3 is 10.6 Å². The molecule has 1 aromatic rings. The smallest absolute Gasteiger partial charge is 0.243 e. The van der Waals surface area contributed by atoms with Crippen LogP contribution in [0.2, 0.25) is 0 Å². The highest BCUT2D eigenvalue weighted by Gasteiger charge is 2.17. The Labute approximate surface area is 112 Å². The second kappa shape index (κ2) is 6.44. The third kappa shape index (κ3) is 4.06. The van der Waals surface area contributed by atoms with E-state index < -0.39 is 6.04 Å². The molecule has 100 valence electrons. The van der Waals surface area contributed by atoms with Gasteiger partial charge in [-0.3, -0.25) is 14.3 Å². The topological polar surface area (TPSA) is 76.0 Å². The molecule has 6 nitrogen and oxygen atoms in total. The molecule has 1 aromatic heterocycles. The summed E-state index contributed by atoms with van der Waals surface area (Å²) in [7, 11) is 1.83. The van der Waals surface area contributed by atoms with Crippen molar-refractivity contribution < 1.29 is 9.59 Å². The molecular weight excluding hydrogens is 252 g/mol. The summed E-state index contributed by atoms with van der Waals surface area (Å²) in [6, 6.07) is -0.609. The largest absolute Gasteiger partial charge is 0.350 e. The van der Waals surface area contributed by atoms with Crippen LogP contribution in [0.3, 0.4) is 0 Å². The highest BCUT2D eigenvalue weighted by atomic mass is 32.1. The average Bonchev–Trinajstić information content (AvgIpc) is 2.61. The molecule has 0 fully saturated rings. The Morgan fingerprint density at radius 1 is 1.56 bits per heavy atom. The van der Waals surface area contributed by atoms with Crippen molar-refractivity contribution in [3.8, 4) is 0 Å². The Bertz CT molecular complexity index is 444. The van der Waals surface area contributed by atoms with Crippen molar-refractivity contribution in [1.29, 1.82) is 0 Å². The molecule has 1 rings (SSSR count). The van der Waals surface area contributed by atoms with Crippen molar-refractivity contribution >= 4 is 24.4 Å². The van der Waals surface area contributed by atoms with E-state index in [-0.39, 0.29) is 17.6 Å². The molecule has 0 saturated heterocycles. The van der Waals surface area contributed by atoms with E-state index in [0.29, 0.717) is 6.54 Å². The number of nitrogens with one attached hydrogen (secondary N) is 2. The standard InChI is InChI=1S/C11H18N4O2S/c1-7-9(5-15(3)14-7)4-12-11(17)10(6-18)13-8(2)16/h5,10,18H,4,6H2,1-3H3,(H,12,17)(H,13,16). The number of rotatable bonds is 5. The summed E-state index contributed by atoms with van der Waals surface area (Å²) in [5, 5.41) is 9.47. The zero-order valence-electron chi connectivity index (χ0n) is 10.7. The van der Waals surface area contributed by atoms with Gasteiger partial charge in [0.25, 0.3) is 0 Å². The Hall–Kier alpha value is -1.50. The number of hydrogen-bond donors (Lipinski definition) is 3. The molecule has 0 aliphatic rings. The lowest BCUT2D eigenvalue weighted by Crippen LogP contribution is -2.47. The average molecular weight is 270 g/mol. The van der Waals surface area contributed by atoms with Crippen LogP contribution < -0.4 is 10.6 Å². The van der Waals surface area contributed by atoms with Crippen LogP contribution in [0, 0.1) is 6.92 Å². The predicted octanol–water partition coefficient (Wildman–Crippen LogP) is -0.221. The number of amides is 2. The third-order valence-corrected chi connectivity index (χ3v) is 2.81. The zero-order chi connectivity index (χ0) is 13.7. The molecule has 0 saturated carbocycles. The molecule has 0 aliphatic carbocycles. The Balaban J connectivity index is 2.54. The maximum Gasteiger partial charge on any atom is 0.243 e. The number of aryl methyl sites for hydroxylation is 2. The summed E-state index contributed by atoms with van der Waals surface area (Å²) in [6.45, 7) is 3.64. The van der Waals surface area contributed by atoms with Crippen LogP contribution in [0.25, 0.3) is 0 Å². The first-order chi connectivity index (χ1) is 8.43. The van der Waals surface area contributed by atoms with Gasteiger partial charge in [-0.25, -0.2) is 0 Å². The van der Waals surface area contributed by atoms with Gasteiger partial charge >= 0.3 is 0 Å².